The lowest BCUT2D eigenvalue weighted by Gasteiger charge is -2.31. The molecule has 0 aromatic rings. The van der Waals surface area contributed by atoms with E-state index in [0.29, 0.717) is 6.61 Å². The van der Waals surface area contributed by atoms with Crippen molar-refractivity contribution in [1.29, 1.82) is 0 Å². The summed E-state index contributed by atoms with van der Waals surface area (Å²) in [7, 11) is 4.18. The van der Waals surface area contributed by atoms with Gasteiger partial charge in [0.2, 0.25) is 0 Å². The molecule has 0 aliphatic carbocycles. The molecule has 4 nitrogen and oxygen atoms in total. The lowest BCUT2D eigenvalue weighted by Crippen LogP contribution is -2.48. The van der Waals surface area contributed by atoms with Gasteiger partial charge in [-0.2, -0.15) is 0 Å². The van der Waals surface area contributed by atoms with Crippen LogP contribution in [0, 0.1) is 0 Å². The van der Waals surface area contributed by atoms with E-state index < -0.39 is 5.79 Å². The summed E-state index contributed by atoms with van der Waals surface area (Å²) in [4.78, 5) is 0. The van der Waals surface area contributed by atoms with Gasteiger partial charge in [0.25, 0.3) is 0 Å². The third kappa shape index (κ3) is 3.53. The molecule has 1 fully saturated rings. The van der Waals surface area contributed by atoms with E-state index in [4.69, 9.17) is 14.6 Å². The van der Waals surface area contributed by atoms with Gasteiger partial charge in [0.15, 0.2) is 5.79 Å². The normalized spacial score (nSPS) is 26.8. The number of aliphatic hydroxyl groups is 1. The number of ether oxygens (including phenoxy) is 2. The fourth-order valence-corrected chi connectivity index (χ4v) is 1.77. The molecule has 0 aromatic heterocycles. The quantitative estimate of drug-likeness (QED) is 0.665. The number of quaternary nitrogens is 1. The number of rotatable bonds is 4. The summed E-state index contributed by atoms with van der Waals surface area (Å²) < 4.78 is 12.0. The van der Waals surface area contributed by atoms with Gasteiger partial charge in [-0.1, -0.05) is 0 Å². The molecular weight excluding hydrogens is 182 g/mol. The highest BCUT2D eigenvalue weighted by molar-refractivity contribution is 4.70. The first-order chi connectivity index (χ1) is 6.35. The van der Waals surface area contributed by atoms with Crippen molar-refractivity contribution in [1.82, 2.24) is 0 Å². The van der Waals surface area contributed by atoms with E-state index in [1.165, 1.54) is 0 Å². The minimum atomic E-state index is -0.441. The highest BCUT2D eigenvalue weighted by Gasteiger charge is 2.36. The summed E-state index contributed by atoms with van der Waals surface area (Å²) in [5, 5.41) is 8.89. The minimum Gasteiger partial charge on any atom is -0.391 e. The van der Waals surface area contributed by atoms with Gasteiger partial charge in [0, 0.05) is 0 Å². The molecule has 1 rings (SSSR count). The van der Waals surface area contributed by atoms with Crippen molar-refractivity contribution in [2.24, 2.45) is 0 Å². The van der Waals surface area contributed by atoms with Crippen molar-refractivity contribution in [2.75, 3.05) is 40.4 Å². The van der Waals surface area contributed by atoms with Crippen LogP contribution in [-0.4, -0.2) is 61.9 Å². The molecule has 1 saturated heterocycles. The summed E-state index contributed by atoms with van der Waals surface area (Å²) in [6.07, 6.45) is 0.145. The summed E-state index contributed by atoms with van der Waals surface area (Å²) in [5.74, 6) is -0.441. The predicted octanol–water partition coefficient (Wildman–Crippen LogP) is 0.207. The topological polar surface area (TPSA) is 38.7 Å². The lowest BCUT2D eigenvalue weighted by atomic mass is 10.3. The average Bonchev–Trinajstić information content (AvgIpc) is 2.28. The van der Waals surface area contributed by atoms with Crippen LogP contribution in [0.4, 0.5) is 0 Å². The zero-order valence-corrected chi connectivity index (χ0v) is 9.62. The molecule has 0 spiro atoms. The van der Waals surface area contributed by atoms with Crippen LogP contribution in [0.3, 0.4) is 0 Å². The van der Waals surface area contributed by atoms with Crippen LogP contribution in [0.15, 0.2) is 0 Å². The maximum Gasteiger partial charge on any atom is 0.163 e. The largest absolute Gasteiger partial charge is 0.391 e. The molecule has 4 heteroatoms. The zero-order chi connectivity index (χ0) is 10.8. The van der Waals surface area contributed by atoms with Crippen molar-refractivity contribution in [3.63, 3.8) is 0 Å². The molecule has 1 N–H and O–H groups in total. The van der Waals surface area contributed by atoms with Gasteiger partial charge in [0.05, 0.1) is 27.3 Å². The monoisotopic (exact) mass is 204 g/mol. The second kappa shape index (κ2) is 4.14. The van der Waals surface area contributed by atoms with Crippen molar-refractivity contribution in [2.45, 2.75) is 25.7 Å². The number of hydrogen-bond acceptors (Lipinski definition) is 3. The zero-order valence-electron chi connectivity index (χ0n) is 9.62. The number of hydrogen-bond donors (Lipinski definition) is 1. The highest BCUT2D eigenvalue weighted by atomic mass is 16.7. The highest BCUT2D eigenvalue weighted by Crippen LogP contribution is 2.23. The molecule has 1 aliphatic rings. The van der Waals surface area contributed by atoms with Gasteiger partial charge < -0.3 is 19.1 Å². The molecule has 0 saturated carbocycles. The van der Waals surface area contributed by atoms with E-state index in [9.17, 15) is 0 Å². The summed E-state index contributed by atoms with van der Waals surface area (Å²) in [6.45, 7) is 6.35. The van der Waals surface area contributed by atoms with Crippen LogP contribution in [0.5, 0.6) is 0 Å². The van der Waals surface area contributed by atoms with Crippen molar-refractivity contribution < 1.29 is 19.1 Å². The van der Waals surface area contributed by atoms with E-state index in [-0.39, 0.29) is 12.7 Å². The van der Waals surface area contributed by atoms with Gasteiger partial charge >= 0.3 is 0 Å². The molecule has 0 bridgehead atoms. The van der Waals surface area contributed by atoms with E-state index in [1.54, 1.807) is 0 Å². The molecule has 1 atom stereocenters. The van der Waals surface area contributed by atoms with Crippen LogP contribution in [0.1, 0.15) is 13.8 Å². The Labute approximate surface area is 86.0 Å². The first kappa shape index (κ1) is 11.9. The van der Waals surface area contributed by atoms with Crippen LogP contribution in [0.2, 0.25) is 0 Å². The average molecular weight is 204 g/mol. The second-order valence-electron chi connectivity index (χ2n) is 5.02. The van der Waals surface area contributed by atoms with Crippen LogP contribution >= 0.6 is 0 Å². The number of likely N-dealkylation sites (N-methyl/N-ethyl adjacent to an activating group) is 1. The molecule has 14 heavy (non-hydrogen) atoms. The molecule has 84 valence electrons. The van der Waals surface area contributed by atoms with E-state index in [0.717, 1.165) is 17.6 Å². The fourth-order valence-electron chi connectivity index (χ4n) is 1.77. The SMILES string of the molecule is CC1(C)OC[C@@H](C[N+](C)(C)CCO)O1. The molecule has 0 unspecified atom stereocenters. The van der Waals surface area contributed by atoms with Gasteiger partial charge in [-0.3, -0.25) is 0 Å². The first-order valence-corrected chi connectivity index (χ1v) is 5.09. The Morgan fingerprint density at radius 1 is 1.43 bits per heavy atom. The van der Waals surface area contributed by atoms with Crippen LogP contribution < -0.4 is 0 Å². The third-order valence-corrected chi connectivity index (χ3v) is 2.47. The third-order valence-electron chi connectivity index (χ3n) is 2.47. The molecule has 0 aromatic carbocycles. The summed E-state index contributed by atoms with van der Waals surface area (Å²) >= 11 is 0. The van der Waals surface area contributed by atoms with E-state index in [1.807, 2.05) is 13.8 Å². The van der Waals surface area contributed by atoms with Gasteiger partial charge in [-0.15, -0.1) is 0 Å². The Hall–Kier alpha value is -0.160. The smallest absolute Gasteiger partial charge is 0.163 e. The van der Waals surface area contributed by atoms with Gasteiger partial charge in [-0.25, -0.2) is 0 Å². The molecular formula is C10H22NO3+. The van der Waals surface area contributed by atoms with Crippen LogP contribution in [-0.2, 0) is 9.47 Å². The summed E-state index contributed by atoms with van der Waals surface area (Å²) in [6, 6.07) is 0. The van der Waals surface area contributed by atoms with E-state index in [2.05, 4.69) is 14.1 Å². The lowest BCUT2D eigenvalue weighted by molar-refractivity contribution is -0.893. The maximum atomic E-state index is 8.89. The number of aliphatic hydroxyl groups excluding tert-OH is 1. The minimum absolute atomic E-state index is 0.145. The Kier molecular flexibility index (Phi) is 3.53. The molecule has 1 heterocycles. The predicted molar refractivity (Wildman–Crippen MR) is 53.8 cm³/mol. The first-order valence-electron chi connectivity index (χ1n) is 5.09. The standard InChI is InChI=1S/C10H22NO3/c1-10(2)13-8-9(14-10)7-11(3,4)5-6-12/h9,12H,5-8H2,1-4H3/q+1/t9-/m1/s1. The Bertz CT molecular complexity index is 192. The molecule has 0 amide bonds. The molecule has 1 aliphatic heterocycles. The summed E-state index contributed by atoms with van der Waals surface area (Å²) in [5.41, 5.74) is 0. The van der Waals surface area contributed by atoms with Crippen molar-refractivity contribution in [3.8, 4) is 0 Å². The number of nitrogens with zero attached hydrogens (tertiary/aromatic N) is 1. The fraction of sp³-hybridized carbons (Fsp3) is 1.00. The Balaban J connectivity index is 2.39. The second-order valence-corrected chi connectivity index (χ2v) is 5.02. The Morgan fingerprint density at radius 3 is 2.50 bits per heavy atom. The van der Waals surface area contributed by atoms with Gasteiger partial charge in [0.1, 0.15) is 19.2 Å². The Morgan fingerprint density at radius 2 is 2.07 bits per heavy atom. The van der Waals surface area contributed by atoms with Crippen molar-refractivity contribution in [3.05, 3.63) is 0 Å². The van der Waals surface area contributed by atoms with Gasteiger partial charge in [-0.05, 0) is 13.8 Å². The van der Waals surface area contributed by atoms with Crippen LogP contribution in [0.25, 0.3) is 0 Å². The maximum absolute atomic E-state index is 8.89. The van der Waals surface area contributed by atoms with E-state index >= 15 is 0 Å². The molecule has 0 radical (unpaired) electrons. The van der Waals surface area contributed by atoms with Crippen molar-refractivity contribution >= 4 is 0 Å².